The Bertz CT molecular complexity index is 827. The number of anilines is 1. The summed E-state index contributed by atoms with van der Waals surface area (Å²) in [7, 11) is 1.79. The highest BCUT2D eigenvalue weighted by molar-refractivity contribution is 6.03. The maximum absolute atomic E-state index is 12.2. The number of hydrogen-bond donors (Lipinski definition) is 3. The molecule has 114 valence electrons. The normalized spacial score (nSPS) is 12.5. The number of nitrogens with one attached hydrogen (secondary N) is 2. The van der Waals surface area contributed by atoms with Gasteiger partial charge in [-0.2, -0.15) is 5.10 Å². The van der Waals surface area contributed by atoms with Crippen molar-refractivity contribution in [2.75, 3.05) is 5.32 Å². The molecule has 0 saturated heterocycles. The second kappa shape index (κ2) is 5.27. The number of aromatic nitrogens is 4. The Morgan fingerprint density at radius 3 is 2.82 bits per heavy atom. The molecule has 1 amide bonds. The van der Waals surface area contributed by atoms with Crippen molar-refractivity contribution < 1.29 is 9.90 Å². The van der Waals surface area contributed by atoms with Gasteiger partial charge in [-0.15, -0.1) is 0 Å². The highest BCUT2D eigenvalue weighted by atomic mass is 16.3. The predicted molar refractivity (Wildman–Crippen MR) is 82.6 cm³/mol. The Kier molecular flexibility index (Phi) is 3.42. The lowest BCUT2D eigenvalue weighted by atomic mass is 10.2. The highest BCUT2D eigenvalue weighted by Crippen LogP contribution is 2.20. The third-order valence-electron chi connectivity index (χ3n) is 3.50. The maximum atomic E-state index is 12.2. The number of aryl methyl sites for hydroxylation is 2. The smallest absolute Gasteiger partial charge is 0.276 e. The van der Waals surface area contributed by atoms with E-state index in [1.165, 1.54) is 0 Å². The summed E-state index contributed by atoms with van der Waals surface area (Å²) >= 11 is 0. The Morgan fingerprint density at radius 1 is 1.41 bits per heavy atom. The minimum Gasteiger partial charge on any atom is -0.385 e. The molecule has 7 heteroatoms. The number of carbonyl (C=O) groups is 1. The molecule has 1 atom stereocenters. The van der Waals surface area contributed by atoms with Gasteiger partial charge in [0.05, 0.1) is 11.0 Å². The van der Waals surface area contributed by atoms with Gasteiger partial charge in [0.1, 0.15) is 11.9 Å². The van der Waals surface area contributed by atoms with Crippen molar-refractivity contribution in [2.24, 2.45) is 7.05 Å². The summed E-state index contributed by atoms with van der Waals surface area (Å²) in [6, 6.07) is 7.07. The van der Waals surface area contributed by atoms with Gasteiger partial charge in [0.15, 0.2) is 5.69 Å². The van der Waals surface area contributed by atoms with Crippen molar-refractivity contribution in [3.05, 3.63) is 41.5 Å². The van der Waals surface area contributed by atoms with Crippen molar-refractivity contribution in [3.8, 4) is 0 Å². The van der Waals surface area contributed by atoms with Crippen LogP contribution in [0.15, 0.2) is 24.3 Å². The molecule has 1 aromatic carbocycles. The van der Waals surface area contributed by atoms with E-state index >= 15 is 0 Å². The van der Waals surface area contributed by atoms with Crippen LogP contribution < -0.4 is 5.32 Å². The third kappa shape index (κ3) is 2.58. The average molecular weight is 299 g/mol. The molecule has 2 aromatic heterocycles. The van der Waals surface area contributed by atoms with Gasteiger partial charge in [0.25, 0.3) is 5.91 Å². The summed E-state index contributed by atoms with van der Waals surface area (Å²) in [6.45, 7) is 3.53. The zero-order valence-corrected chi connectivity index (χ0v) is 12.6. The number of amides is 1. The SMILES string of the molecule is Cc1cc(C(=O)Nc2ccc3nc(C(C)O)[nH]c3c2)nn1C. The topological polar surface area (TPSA) is 95.8 Å². The van der Waals surface area contributed by atoms with E-state index in [0.717, 1.165) is 16.7 Å². The van der Waals surface area contributed by atoms with E-state index in [9.17, 15) is 9.90 Å². The van der Waals surface area contributed by atoms with Gasteiger partial charge in [-0.1, -0.05) is 0 Å². The van der Waals surface area contributed by atoms with E-state index < -0.39 is 6.10 Å². The molecule has 0 spiro atoms. The molecule has 0 radical (unpaired) electrons. The number of H-pyrrole nitrogens is 1. The molecular formula is C15H17N5O2. The van der Waals surface area contributed by atoms with Crippen LogP contribution >= 0.6 is 0 Å². The fourth-order valence-electron chi connectivity index (χ4n) is 2.17. The van der Waals surface area contributed by atoms with Gasteiger partial charge < -0.3 is 15.4 Å². The van der Waals surface area contributed by atoms with Crippen LogP contribution in [0, 0.1) is 6.92 Å². The van der Waals surface area contributed by atoms with Crippen LogP contribution in [0.1, 0.15) is 35.0 Å². The molecular weight excluding hydrogens is 282 g/mol. The fourth-order valence-corrected chi connectivity index (χ4v) is 2.17. The number of aliphatic hydroxyl groups is 1. The van der Waals surface area contributed by atoms with Crippen molar-refractivity contribution in [2.45, 2.75) is 20.0 Å². The minimum absolute atomic E-state index is 0.265. The average Bonchev–Trinajstić information content (AvgIpc) is 3.03. The number of rotatable bonds is 3. The van der Waals surface area contributed by atoms with E-state index in [4.69, 9.17) is 0 Å². The van der Waals surface area contributed by atoms with Crippen LogP contribution in [0.2, 0.25) is 0 Å². The molecule has 3 rings (SSSR count). The number of aromatic amines is 1. The fraction of sp³-hybridized carbons (Fsp3) is 0.267. The number of hydrogen-bond acceptors (Lipinski definition) is 4. The van der Waals surface area contributed by atoms with Crippen LogP contribution in [0.25, 0.3) is 11.0 Å². The summed E-state index contributed by atoms with van der Waals surface area (Å²) in [5, 5.41) is 16.5. The Morgan fingerprint density at radius 2 is 2.18 bits per heavy atom. The summed E-state index contributed by atoms with van der Waals surface area (Å²) < 4.78 is 1.65. The zero-order chi connectivity index (χ0) is 15.9. The molecule has 0 aliphatic rings. The summed E-state index contributed by atoms with van der Waals surface area (Å²) in [4.78, 5) is 19.5. The lowest BCUT2D eigenvalue weighted by Crippen LogP contribution is -2.12. The first-order valence-electron chi connectivity index (χ1n) is 6.94. The Labute approximate surface area is 127 Å². The van der Waals surface area contributed by atoms with Crippen LogP contribution in [-0.2, 0) is 7.05 Å². The first-order valence-corrected chi connectivity index (χ1v) is 6.94. The number of aliphatic hydroxyl groups excluding tert-OH is 1. The Hall–Kier alpha value is -2.67. The number of fused-ring (bicyclic) bond motifs is 1. The van der Waals surface area contributed by atoms with E-state index in [2.05, 4.69) is 20.4 Å². The van der Waals surface area contributed by atoms with Gasteiger partial charge in [0, 0.05) is 18.4 Å². The third-order valence-corrected chi connectivity index (χ3v) is 3.50. The van der Waals surface area contributed by atoms with Gasteiger partial charge in [-0.05, 0) is 38.1 Å². The van der Waals surface area contributed by atoms with Crippen LogP contribution in [0.4, 0.5) is 5.69 Å². The lowest BCUT2D eigenvalue weighted by molar-refractivity contribution is 0.102. The summed E-state index contributed by atoms with van der Waals surface area (Å²) in [5.41, 5.74) is 3.42. The molecule has 7 nitrogen and oxygen atoms in total. The van der Waals surface area contributed by atoms with Gasteiger partial charge in [-0.25, -0.2) is 4.98 Å². The van der Waals surface area contributed by atoms with Gasteiger partial charge in [-0.3, -0.25) is 9.48 Å². The van der Waals surface area contributed by atoms with Crippen molar-refractivity contribution >= 4 is 22.6 Å². The van der Waals surface area contributed by atoms with Crippen molar-refractivity contribution in [3.63, 3.8) is 0 Å². The van der Waals surface area contributed by atoms with Crippen LogP contribution in [0.5, 0.6) is 0 Å². The van der Waals surface area contributed by atoms with Crippen LogP contribution in [-0.4, -0.2) is 30.8 Å². The lowest BCUT2D eigenvalue weighted by Gasteiger charge is -2.02. The first-order chi connectivity index (χ1) is 10.4. The molecule has 0 aliphatic carbocycles. The maximum Gasteiger partial charge on any atom is 0.276 e. The second-order valence-corrected chi connectivity index (χ2v) is 5.28. The molecule has 0 aliphatic heterocycles. The van der Waals surface area contributed by atoms with Gasteiger partial charge in [0.2, 0.25) is 0 Å². The molecule has 0 bridgehead atoms. The molecule has 0 saturated carbocycles. The quantitative estimate of drug-likeness (QED) is 0.688. The van der Waals surface area contributed by atoms with E-state index in [1.54, 1.807) is 42.9 Å². The van der Waals surface area contributed by atoms with E-state index in [-0.39, 0.29) is 5.91 Å². The molecule has 0 fully saturated rings. The second-order valence-electron chi connectivity index (χ2n) is 5.28. The highest BCUT2D eigenvalue weighted by Gasteiger charge is 2.12. The van der Waals surface area contributed by atoms with Gasteiger partial charge >= 0.3 is 0 Å². The molecule has 2 heterocycles. The van der Waals surface area contributed by atoms with Crippen molar-refractivity contribution in [1.82, 2.24) is 19.7 Å². The monoisotopic (exact) mass is 299 g/mol. The standard InChI is InChI=1S/C15H17N5O2/c1-8-6-13(19-20(8)3)15(22)16-10-4-5-11-12(7-10)18-14(17-11)9(2)21/h4-7,9,21H,1-3H3,(H,16,22)(H,17,18). The molecule has 1 unspecified atom stereocenters. The van der Waals surface area contributed by atoms with E-state index in [1.807, 2.05) is 6.92 Å². The summed E-state index contributed by atoms with van der Waals surface area (Å²) in [6.07, 6.45) is -0.665. The number of imidazole rings is 1. The first kappa shape index (κ1) is 14.3. The zero-order valence-electron chi connectivity index (χ0n) is 12.6. The molecule has 3 aromatic rings. The molecule has 22 heavy (non-hydrogen) atoms. The van der Waals surface area contributed by atoms with Crippen molar-refractivity contribution in [1.29, 1.82) is 0 Å². The number of benzene rings is 1. The Balaban J connectivity index is 1.85. The largest absolute Gasteiger partial charge is 0.385 e. The predicted octanol–water partition coefficient (Wildman–Crippen LogP) is 1.91. The number of nitrogens with zero attached hydrogens (tertiary/aromatic N) is 3. The number of carbonyl (C=O) groups excluding carboxylic acids is 1. The van der Waals surface area contributed by atoms with Crippen LogP contribution in [0.3, 0.4) is 0 Å². The molecule has 3 N–H and O–H groups in total. The minimum atomic E-state index is -0.665. The summed E-state index contributed by atoms with van der Waals surface area (Å²) in [5.74, 6) is 0.233. The van der Waals surface area contributed by atoms with E-state index in [0.29, 0.717) is 17.2 Å².